The van der Waals surface area contributed by atoms with Gasteiger partial charge >= 0.3 is 5.97 Å². The van der Waals surface area contributed by atoms with Crippen LogP contribution in [0.2, 0.25) is 0 Å². The fourth-order valence-electron chi connectivity index (χ4n) is 2.76. The molecule has 3 aromatic rings. The number of para-hydroxylation sites is 1. The van der Waals surface area contributed by atoms with Gasteiger partial charge < -0.3 is 14.3 Å². The van der Waals surface area contributed by atoms with E-state index in [2.05, 4.69) is 4.72 Å². The van der Waals surface area contributed by atoms with Gasteiger partial charge in [0.25, 0.3) is 0 Å². The third-order valence-corrected chi connectivity index (χ3v) is 5.30. The van der Waals surface area contributed by atoms with Crippen LogP contribution in [0, 0.1) is 6.92 Å². The molecular weight excluding hydrogens is 370 g/mol. The minimum atomic E-state index is -3.53. The third kappa shape index (κ3) is 4.66. The summed E-state index contributed by atoms with van der Waals surface area (Å²) in [5.41, 5.74) is 1.78. The summed E-state index contributed by atoms with van der Waals surface area (Å²) in [6.45, 7) is 1.30. The largest absolute Gasteiger partial charge is 0.479 e. The number of ether oxygens (including phenoxy) is 1. The standard InChI is InChI=1S/C19H19NO6S/c1-13-16(10-20-27(23,24)12-14-6-3-2-4-7-14)15-8-5-9-17(19(15)26-13)25-11-18(21)22/h2-9,20H,10-12H2,1H3,(H,21,22). The molecule has 0 spiro atoms. The lowest BCUT2D eigenvalue weighted by atomic mass is 10.1. The summed E-state index contributed by atoms with van der Waals surface area (Å²) in [5, 5.41) is 9.45. The Bertz CT molecular complexity index is 1060. The molecular formula is C19H19NO6S. The molecule has 142 valence electrons. The minimum Gasteiger partial charge on any atom is -0.479 e. The fraction of sp³-hybridized carbons (Fsp3) is 0.211. The number of aryl methyl sites for hydroxylation is 1. The summed E-state index contributed by atoms with van der Waals surface area (Å²) in [4.78, 5) is 10.7. The molecule has 0 saturated carbocycles. The van der Waals surface area contributed by atoms with E-state index in [4.69, 9.17) is 14.3 Å². The lowest BCUT2D eigenvalue weighted by molar-refractivity contribution is -0.139. The molecule has 0 aliphatic carbocycles. The lowest BCUT2D eigenvalue weighted by Gasteiger charge is -2.07. The molecule has 2 N–H and O–H groups in total. The Morgan fingerprint density at radius 3 is 2.59 bits per heavy atom. The average Bonchev–Trinajstić information content (AvgIpc) is 2.94. The van der Waals surface area contributed by atoms with E-state index in [0.717, 1.165) is 0 Å². The summed E-state index contributed by atoms with van der Waals surface area (Å²) >= 11 is 0. The number of hydrogen-bond acceptors (Lipinski definition) is 5. The van der Waals surface area contributed by atoms with Gasteiger partial charge in [0.15, 0.2) is 17.9 Å². The highest BCUT2D eigenvalue weighted by Gasteiger charge is 2.18. The van der Waals surface area contributed by atoms with Crippen molar-refractivity contribution >= 4 is 27.0 Å². The minimum absolute atomic E-state index is 0.0659. The Morgan fingerprint density at radius 1 is 1.15 bits per heavy atom. The van der Waals surface area contributed by atoms with Crippen molar-refractivity contribution in [3.8, 4) is 5.75 Å². The van der Waals surface area contributed by atoms with E-state index in [9.17, 15) is 13.2 Å². The predicted molar refractivity (Wildman–Crippen MR) is 100.0 cm³/mol. The number of hydrogen-bond donors (Lipinski definition) is 2. The first-order chi connectivity index (χ1) is 12.9. The second kappa shape index (κ2) is 7.81. The SMILES string of the molecule is Cc1oc2c(OCC(=O)O)cccc2c1CNS(=O)(=O)Cc1ccccc1. The van der Waals surface area contributed by atoms with Crippen LogP contribution in [0.15, 0.2) is 52.9 Å². The number of carboxylic acids is 1. The first-order valence-corrected chi connectivity index (χ1v) is 9.88. The first kappa shape index (κ1) is 18.9. The maximum atomic E-state index is 12.4. The van der Waals surface area contributed by atoms with Crippen molar-refractivity contribution < 1.29 is 27.5 Å². The van der Waals surface area contributed by atoms with Crippen molar-refractivity contribution in [3.63, 3.8) is 0 Å². The van der Waals surface area contributed by atoms with E-state index in [0.29, 0.717) is 33.6 Å². The van der Waals surface area contributed by atoms with Crippen LogP contribution >= 0.6 is 0 Å². The van der Waals surface area contributed by atoms with Gasteiger partial charge in [0, 0.05) is 17.5 Å². The van der Waals surface area contributed by atoms with E-state index < -0.39 is 22.6 Å². The number of furan rings is 1. The molecule has 0 bridgehead atoms. The van der Waals surface area contributed by atoms with Crippen LogP contribution in [0.5, 0.6) is 5.75 Å². The van der Waals surface area contributed by atoms with Crippen molar-refractivity contribution in [2.24, 2.45) is 0 Å². The summed E-state index contributed by atoms with van der Waals surface area (Å²) in [7, 11) is -3.53. The van der Waals surface area contributed by atoms with Gasteiger partial charge in [-0.1, -0.05) is 42.5 Å². The topological polar surface area (TPSA) is 106 Å². The molecule has 0 aliphatic rings. The molecule has 0 fully saturated rings. The van der Waals surface area contributed by atoms with Gasteiger partial charge in [-0.25, -0.2) is 17.9 Å². The molecule has 8 heteroatoms. The van der Waals surface area contributed by atoms with Gasteiger partial charge in [0.2, 0.25) is 10.0 Å². The van der Waals surface area contributed by atoms with Crippen LogP contribution in [-0.2, 0) is 27.1 Å². The van der Waals surface area contributed by atoms with E-state index in [1.807, 2.05) is 6.07 Å². The van der Waals surface area contributed by atoms with Crippen LogP contribution in [0.25, 0.3) is 11.0 Å². The second-order valence-corrected chi connectivity index (χ2v) is 7.82. The Kier molecular flexibility index (Phi) is 5.48. The Balaban J connectivity index is 1.80. The lowest BCUT2D eigenvalue weighted by Crippen LogP contribution is -2.24. The summed E-state index contributed by atoms with van der Waals surface area (Å²) in [6.07, 6.45) is 0. The van der Waals surface area contributed by atoms with Crippen molar-refractivity contribution in [1.82, 2.24) is 4.72 Å². The van der Waals surface area contributed by atoms with Crippen LogP contribution in [-0.4, -0.2) is 26.1 Å². The number of rotatable bonds is 8. The normalized spacial score (nSPS) is 11.6. The van der Waals surface area contributed by atoms with Crippen molar-refractivity contribution in [2.45, 2.75) is 19.2 Å². The van der Waals surface area contributed by atoms with Gasteiger partial charge in [-0.15, -0.1) is 0 Å². The maximum Gasteiger partial charge on any atom is 0.341 e. The quantitative estimate of drug-likeness (QED) is 0.614. The number of benzene rings is 2. The zero-order valence-corrected chi connectivity index (χ0v) is 15.5. The molecule has 27 heavy (non-hydrogen) atoms. The zero-order valence-electron chi connectivity index (χ0n) is 14.6. The molecule has 1 heterocycles. The molecule has 3 rings (SSSR count). The van der Waals surface area contributed by atoms with Crippen LogP contribution < -0.4 is 9.46 Å². The highest BCUT2D eigenvalue weighted by molar-refractivity contribution is 7.88. The number of aliphatic carboxylic acids is 1. The molecule has 0 amide bonds. The fourth-order valence-corrected chi connectivity index (χ4v) is 3.86. The summed E-state index contributed by atoms with van der Waals surface area (Å²) in [5.74, 6) is -0.366. The average molecular weight is 389 g/mol. The van der Waals surface area contributed by atoms with E-state index in [1.54, 1.807) is 49.4 Å². The number of carboxylic acid groups (broad SMARTS) is 1. The molecule has 0 saturated heterocycles. The van der Waals surface area contributed by atoms with Crippen molar-refractivity contribution in [1.29, 1.82) is 0 Å². The Hall–Kier alpha value is -2.84. The maximum absolute atomic E-state index is 12.4. The van der Waals surface area contributed by atoms with Crippen LogP contribution in [0.1, 0.15) is 16.9 Å². The summed E-state index contributed by atoms with van der Waals surface area (Å²) < 4.78 is 38.2. The van der Waals surface area contributed by atoms with Gasteiger partial charge in [-0.05, 0) is 18.6 Å². The Labute approximate surface area is 156 Å². The monoisotopic (exact) mass is 389 g/mol. The van der Waals surface area contributed by atoms with Crippen LogP contribution in [0.4, 0.5) is 0 Å². The highest BCUT2D eigenvalue weighted by Crippen LogP contribution is 2.32. The Morgan fingerprint density at radius 2 is 1.89 bits per heavy atom. The van der Waals surface area contributed by atoms with Gasteiger partial charge in [-0.2, -0.15) is 0 Å². The van der Waals surface area contributed by atoms with Gasteiger partial charge in [0.1, 0.15) is 5.76 Å². The van der Waals surface area contributed by atoms with E-state index in [-0.39, 0.29) is 12.3 Å². The molecule has 7 nitrogen and oxygen atoms in total. The van der Waals surface area contributed by atoms with Gasteiger partial charge in [0.05, 0.1) is 5.75 Å². The number of sulfonamides is 1. The molecule has 0 atom stereocenters. The number of carbonyl (C=O) groups is 1. The van der Waals surface area contributed by atoms with Crippen molar-refractivity contribution in [3.05, 3.63) is 65.4 Å². The molecule has 0 radical (unpaired) electrons. The third-order valence-electron chi connectivity index (χ3n) is 4.00. The van der Waals surface area contributed by atoms with Crippen LogP contribution in [0.3, 0.4) is 0 Å². The zero-order chi connectivity index (χ0) is 19.4. The highest BCUT2D eigenvalue weighted by atomic mass is 32.2. The number of fused-ring (bicyclic) bond motifs is 1. The predicted octanol–water partition coefficient (Wildman–Crippen LogP) is 2.82. The van der Waals surface area contributed by atoms with E-state index in [1.165, 1.54) is 0 Å². The molecule has 2 aromatic carbocycles. The second-order valence-electron chi connectivity index (χ2n) is 6.02. The summed E-state index contributed by atoms with van der Waals surface area (Å²) in [6, 6.07) is 14.0. The number of nitrogens with one attached hydrogen (secondary N) is 1. The smallest absolute Gasteiger partial charge is 0.341 e. The van der Waals surface area contributed by atoms with E-state index >= 15 is 0 Å². The molecule has 0 aliphatic heterocycles. The van der Waals surface area contributed by atoms with Gasteiger partial charge in [-0.3, -0.25) is 0 Å². The first-order valence-electron chi connectivity index (χ1n) is 8.22. The van der Waals surface area contributed by atoms with Crippen molar-refractivity contribution in [2.75, 3.05) is 6.61 Å². The molecule has 0 unspecified atom stereocenters. The molecule has 1 aromatic heterocycles.